The summed E-state index contributed by atoms with van der Waals surface area (Å²) in [5.41, 5.74) is 2.25. The SMILES string of the molecule is CC1CCC(N(C)c2ccc(C(C)O)cc2)CC1. The molecule has 1 saturated carbocycles. The molecule has 1 aliphatic rings. The number of hydrogen-bond donors (Lipinski definition) is 1. The van der Waals surface area contributed by atoms with Crippen molar-refractivity contribution in [3.63, 3.8) is 0 Å². The smallest absolute Gasteiger partial charge is 0.0761 e. The van der Waals surface area contributed by atoms with Gasteiger partial charge in [-0.2, -0.15) is 0 Å². The third-order valence-corrected chi connectivity index (χ3v) is 4.32. The van der Waals surface area contributed by atoms with E-state index in [1.807, 2.05) is 12.1 Å². The zero-order valence-electron chi connectivity index (χ0n) is 11.8. The molecule has 1 N–H and O–H groups in total. The van der Waals surface area contributed by atoms with E-state index in [-0.39, 0.29) is 6.10 Å². The second-order valence-corrected chi connectivity index (χ2v) is 5.79. The van der Waals surface area contributed by atoms with E-state index < -0.39 is 0 Å². The summed E-state index contributed by atoms with van der Waals surface area (Å²) < 4.78 is 0. The molecule has 18 heavy (non-hydrogen) atoms. The first-order valence-electron chi connectivity index (χ1n) is 7.08. The van der Waals surface area contributed by atoms with Crippen LogP contribution in [0.25, 0.3) is 0 Å². The van der Waals surface area contributed by atoms with Crippen LogP contribution in [0.15, 0.2) is 24.3 Å². The summed E-state index contributed by atoms with van der Waals surface area (Å²) in [6.45, 7) is 4.16. The summed E-state index contributed by atoms with van der Waals surface area (Å²) in [7, 11) is 2.19. The number of aliphatic hydroxyl groups is 1. The van der Waals surface area contributed by atoms with Gasteiger partial charge in [-0.1, -0.05) is 19.1 Å². The quantitative estimate of drug-likeness (QED) is 0.879. The number of aliphatic hydroxyl groups excluding tert-OH is 1. The molecular formula is C16H25NO. The second kappa shape index (κ2) is 5.75. The van der Waals surface area contributed by atoms with Gasteiger partial charge in [-0.15, -0.1) is 0 Å². The molecule has 0 bridgehead atoms. The molecule has 1 aromatic carbocycles. The predicted molar refractivity (Wildman–Crippen MR) is 76.9 cm³/mol. The van der Waals surface area contributed by atoms with Gasteiger partial charge in [0.05, 0.1) is 6.10 Å². The Bertz CT molecular complexity index is 363. The molecule has 1 atom stereocenters. The maximum absolute atomic E-state index is 9.52. The number of benzene rings is 1. The maximum Gasteiger partial charge on any atom is 0.0761 e. The van der Waals surface area contributed by atoms with Crippen molar-refractivity contribution < 1.29 is 5.11 Å². The molecule has 0 spiro atoms. The van der Waals surface area contributed by atoms with Crippen LogP contribution in [0, 0.1) is 5.92 Å². The van der Waals surface area contributed by atoms with Crippen LogP contribution in [0.4, 0.5) is 5.69 Å². The van der Waals surface area contributed by atoms with Gasteiger partial charge in [0.1, 0.15) is 0 Å². The fourth-order valence-electron chi connectivity index (χ4n) is 2.83. The molecular weight excluding hydrogens is 222 g/mol. The van der Waals surface area contributed by atoms with Gasteiger partial charge in [0, 0.05) is 18.8 Å². The van der Waals surface area contributed by atoms with Gasteiger partial charge in [-0.25, -0.2) is 0 Å². The largest absolute Gasteiger partial charge is 0.389 e. The molecule has 2 heteroatoms. The zero-order valence-corrected chi connectivity index (χ0v) is 11.8. The average Bonchev–Trinajstić information content (AvgIpc) is 2.39. The molecule has 1 unspecified atom stereocenters. The third kappa shape index (κ3) is 3.05. The van der Waals surface area contributed by atoms with Crippen molar-refractivity contribution in [3.8, 4) is 0 Å². The van der Waals surface area contributed by atoms with Crippen LogP contribution < -0.4 is 4.90 Å². The van der Waals surface area contributed by atoms with E-state index in [9.17, 15) is 5.11 Å². The Morgan fingerprint density at radius 3 is 2.17 bits per heavy atom. The minimum atomic E-state index is -0.375. The van der Waals surface area contributed by atoms with Gasteiger partial charge in [0.2, 0.25) is 0 Å². The van der Waals surface area contributed by atoms with Crippen molar-refractivity contribution in [2.24, 2.45) is 5.92 Å². The average molecular weight is 247 g/mol. The summed E-state index contributed by atoms with van der Waals surface area (Å²) in [4.78, 5) is 2.40. The summed E-state index contributed by atoms with van der Waals surface area (Å²) in [5.74, 6) is 0.896. The normalized spacial score (nSPS) is 25.8. The third-order valence-electron chi connectivity index (χ3n) is 4.32. The Hall–Kier alpha value is -1.02. The number of rotatable bonds is 3. The number of hydrogen-bond acceptors (Lipinski definition) is 2. The van der Waals surface area contributed by atoms with E-state index >= 15 is 0 Å². The first-order valence-corrected chi connectivity index (χ1v) is 7.08. The van der Waals surface area contributed by atoms with Gasteiger partial charge >= 0.3 is 0 Å². The first kappa shape index (κ1) is 13.4. The van der Waals surface area contributed by atoms with Crippen molar-refractivity contribution in [2.75, 3.05) is 11.9 Å². The molecule has 1 fully saturated rings. The van der Waals surface area contributed by atoms with Crippen LogP contribution in [0.1, 0.15) is 51.2 Å². The van der Waals surface area contributed by atoms with Gasteiger partial charge < -0.3 is 10.0 Å². The summed E-state index contributed by atoms with van der Waals surface area (Å²) in [6, 6.07) is 8.99. The molecule has 0 aromatic heterocycles. The van der Waals surface area contributed by atoms with Crippen LogP contribution in [0.5, 0.6) is 0 Å². The molecule has 0 radical (unpaired) electrons. The van der Waals surface area contributed by atoms with Crippen LogP contribution in [-0.2, 0) is 0 Å². The minimum absolute atomic E-state index is 0.375. The highest BCUT2D eigenvalue weighted by Crippen LogP contribution is 2.29. The van der Waals surface area contributed by atoms with Gasteiger partial charge in [0.25, 0.3) is 0 Å². The molecule has 1 aliphatic carbocycles. The number of nitrogens with zero attached hydrogens (tertiary/aromatic N) is 1. The van der Waals surface area contributed by atoms with Crippen LogP contribution >= 0.6 is 0 Å². The molecule has 1 aromatic rings. The summed E-state index contributed by atoms with van der Waals surface area (Å²) in [5, 5.41) is 9.52. The Balaban J connectivity index is 2.02. The molecule has 0 amide bonds. The molecule has 0 saturated heterocycles. The fourth-order valence-corrected chi connectivity index (χ4v) is 2.83. The standard InChI is InChI=1S/C16H25NO/c1-12-4-8-15(9-5-12)17(3)16-10-6-14(7-11-16)13(2)18/h6-7,10-13,15,18H,4-5,8-9H2,1-3H3. The van der Waals surface area contributed by atoms with Crippen LogP contribution in [0.3, 0.4) is 0 Å². The lowest BCUT2D eigenvalue weighted by molar-refractivity contribution is 0.199. The Labute approximate surface area is 111 Å². The highest BCUT2D eigenvalue weighted by Gasteiger charge is 2.21. The molecule has 0 aliphatic heterocycles. The van der Waals surface area contributed by atoms with Crippen LogP contribution in [-0.4, -0.2) is 18.2 Å². The maximum atomic E-state index is 9.52. The molecule has 0 heterocycles. The van der Waals surface area contributed by atoms with E-state index in [1.54, 1.807) is 6.92 Å². The van der Waals surface area contributed by atoms with E-state index in [0.29, 0.717) is 6.04 Å². The lowest BCUT2D eigenvalue weighted by Crippen LogP contribution is -2.34. The van der Waals surface area contributed by atoms with Gasteiger partial charge in [-0.05, 0) is 56.2 Å². The van der Waals surface area contributed by atoms with E-state index in [1.165, 1.54) is 31.4 Å². The minimum Gasteiger partial charge on any atom is -0.389 e. The lowest BCUT2D eigenvalue weighted by Gasteiger charge is -2.35. The monoisotopic (exact) mass is 247 g/mol. The van der Waals surface area contributed by atoms with E-state index in [2.05, 4.69) is 31.0 Å². The first-order chi connectivity index (χ1) is 8.58. The van der Waals surface area contributed by atoms with E-state index in [4.69, 9.17) is 0 Å². The predicted octanol–water partition coefficient (Wildman–Crippen LogP) is 3.75. The van der Waals surface area contributed by atoms with Crippen LogP contribution in [0.2, 0.25) is 0 Å². The molecule has 2 nitrogen and oxygen atoms in total. The molecule has 100 valence electrons. The highest BCUT2D eigenvalue weighted by molar-refractivity contribution is 5.48. The zero-order chi connectivity index (χ0) is 13.1. The second-order valence-electron chi connectivity index (χ2n) is 5.79. The topological polar surface area (TPSA) is 23.5 Å². The van der Waals surface area contributed by atoms with Crippen molar-refractivity contribution >= 4 is 5.69 Å². The van der Waals surface area contributed by atoms with E-state index in [0.717, 1.165) is 11.5 Å². The Kier molecular flexibility index (Phi) is 4.28. The van der Waals surface area contributed by atoms with Crippen molar-refractivity contribution in [2.45, 2.75) is 51.7 Å². The van der Waals surface area contributed by atoms with Gasteiger partial charge in [0.15, 0.2) is 0 Å². The number of anilines is 1. The fraction of sp³-hybridized carbons (Fsp3) is 0.625. The highest BCUT2D eigenvalue weighted by atomic mass is 16.3. The van der Waals surface area contributed by atoms with Crippen molar-refractivity contribution in [1.29, 1.82) is 0 Å². The van der Waals surface area contributed by atoms with Crippen molar-refractivity contribution in [3.05, 3.63) is 29.8 Å². The Morgan fingerprint density at radius 1 is 1.11 bits per heavy atom. The van der Waals surface area contributed by atoms with Crippen molar-refractivity contribution in [1.82, 2.24) is 0 Å². The Morgan fingerprint density at radius 2 is 1.67 bits per heavy atom. The molecule has 2 rings (SSSR count). The lowest BCUT2D eigenvalue weighted by atomic mass is 9.86. The summed E-state index contributed by atoms with van der Waals surface area (Å²) in [6.07, 6.45) is 4.92. The van der Waals surface area contributed by atoms with Gasteiger partial charge in [-0.3, -0.25) is 0 Å². The summed E-state index contributed by atoms with van der Waals surface area (Å²) >= 11 is 0.